The highest BCUT2D eigenvalue weighted by molar-refractivity contribution is 5.93. The Labute approximate surface area is 117 Å². The number of nitrogens with one attached hydrogen (secondary N) is 1. The number of ether oxygens (including phenoxy) is 1. The molecule has 0 unspecified atom stereocenters. The van der Waals surface area contributed by atoms with E-state index in [9.17, 15) is 4.79 Å². The third kappa shape index (κ3) is 3.17. The van der Waals surface area contributed by atoms with Gasteiger partial charge in [0.25, 0.3) is 0 Å². The molecule has 1 aromatic heterocycles. The molecule has 0 amide bonds. The predicted molar refractivity (Wildman–Crippen MR) is 76.1 cm³/mol. The topological polar surface area (TPSA) is 75.2 Å². The molecule has 0 saturated heterocycles. The van der Waals surface area contributed by atoms with Crippen LogP contribution < -0.4 is 4.74 Å². The van der Waals surface area contributed by atoms with Gasteiger partial charge >= 0.3 is 5.97 Å². The molecule has 20 heavy (non-hydrogen) atoms. The summed E-state index contributed by atoms with van der Waals surface area (Å²) in [6, 6.07) is 7.29. The van der Waals surface area contributed by atoms with E-state index in [4.69, 9.17) is 9.84 Å². The summed E-state index contributed by atoms with van der Waals surface area (Å²) in [6.07, 6.45) is 0. The Morgan fingerprint density at radius 2 is 2.00 bits per heavy atom. The zero-order chi connectivity index (χ0) is 14.7. The number of imidazole rings is 1. The Kier molecular flexibility index (Phi) is 4.08. The molecule has 0 spiro atoms. The van der Waals surface area contributed by atoms with Crippen molar-refractivity contribution < 1.29 is 14.6 Å². The van der Waals surface area contributed by atoms with Crippen molar-refractivity contribution in [3.63, 3.8) is 0 Å². The first-order valence-corrected chi connectivity index (χ1v) is 6.50. The molecule has 5 nitrogen and oxygen atoms in total. The van der Waals surface area contributed by atoms with Crippen LogP contribution in [0.3, 0.4) is 0 Å². The van der Waals surface area contributed by atoms with Crippen LogP contribution in [0.25, 0.3) is 11.3 Å². The lowest BCUT2D eigenvalue weighted by molar-refractivity contribution is 0.0692. The standard InChI is InChI=1S/C15H18N2O3/c1-9(2)8-20-12-6-4-11(5-7-12)13-14(15(18)19)17-10(3)16-13/h4-7,9H,8H2,1-3H3,(H,16,17)(H,18,19). The molecule has 0 fully saturated rings. The smallest absolute Gasteiger partial charge is 0.354 e. The van der Waals surface area contributed by atoms with Crippen LogP contribution in [0.15, 0.2) is 24.3 Å². The molecular formula is C15H18N2O3. The van der Waals surface area contributed by atoms with E-state index in [-0.39, 0.29) is 5.69 Å². The van der Waals surface area contributed by atoms with Crippen LogP contribution >= 0.6 is 0 Å². The normalized spacial score (nSPS) is 10.8. The monoisotopic (exact) mass is 274 g/mol. The van der Waals surface area contributed by atoms with Gasteiger partial charge in [-0.05, 0) is 37.1 Å². The van der Waals surface area contributed by atoms with Gasteiger partial charge in [0.2, 0.25) is 0 Å². The third-order valence-electron chi connectivity index (χ3n) is 2.75. The highest BCUT2D eigenvalue weighted by Gasteiger charge is 2.16. The Bertz CT molecular complexity index is 600. The van der Waals surface area contributed by atoms with Gasteiger partial charge in [0, 0.05) is 5.56 Å². The van der Waals surface area contributed by atoms with Crippen molar-refractivity contribution in [3.8, 4) is 17.0 Å². The molecule has 0 aliphatic rings. The fourth-order valence-corrected chi connectivity index (χ4v) is 1.83. The fraction of sp³-hybridized carbons (Fsp3) is 0.333. The second-order valence-corrected chi connectivity index (χ2v) is 5.08. The summed E-state index contributed by atoms with van der Waals surface area (Å²) in [5, 5.41) is 9.14. The van der Waals surface area contributed by atoms with E-state index >= 15 is 0 Å². The van der Waals surface area contributed by atoms with Crippen molar-refractivity contribution in [1.82, 2.24) is 9.97 Å². The molecular weight excluding hydrogens is 256 g/mol. The zero-order valence-electron chi connectivity index (χ0n) is 11.8. The number of H-pyrrole nitrogens is 1. The minimum atomic E-state index is -1.01. The summed E-state index contributed by atoms with van der Waals surface area (Å²) < 4.78 is 5.60. The van der Waals surface area contributed by atoms with Gasteiger partial charge in [-0.1, -0.05) is 13.8 Å². The average molecular weight is 274 g/mol. The molecule has 0 atom stereocenters. The summed E-state index contributed by atoms with van der Waals surface area (Å²) >= 11 is 0. The van der Waals surface area contributed by atoms with Gasteiger partial charge in [0.05, 0.1) is 6.61 Å². The first-order valence-electron chi connectivity index (χ1n) is 6.50. The number of benzene rings is 1. The summed E-state index contributed by atoms with van der Waals surface area (Å²) in [4.78, 5) is 18.1. The predicted octanol–water partition coefficient (Wildman–Crippen LogP) is 3.12. The van der Waals surface area contributed by atoms with Crippen LogP contribution in [-0.2, 0) is 0 Å². The number of aromatic nitrogens is 2. The molecule has 5 heteroatoms. The van der Waals surface area contributed by atoms with Crippen molar-refractivity contribution >= 4 is 5.97 Å². The number of aromatic carboxylic acids is 1. The number of nitrogens with zero attached hydrogens (tertiary/aromatic N) is 1. The Morgan fingerprint density at radius 1 is 1.35 bits per heavy atom. The molecule has 1 aromatic carbocycles. The SMILES string of the molecule is Cc1nc(-c2ccc(OCC(C)C)cc2)c(C(=O)O)[nH]1. The molecule has 0 bridgehead atoms. The van der Waals surface area contributed by atoms with Gasteiger partial charge in [0.1, 0.15) is 17.3 Å². The number of hydrogen-bond donors (Lipinski definition) is 2. The minimum Gasteiger partial charge on any atom is -0.493 e. The number of aryl methyl sites for hydroxylation is 1. The number of aromatic amines is 1. The van der Waals surface area contributed by atoms with Crippen molar-refractivity contribution in [1.29, 1.82) is 0 Å². The number of rotatable bonds is 5. The Morgan fingerprint density at radius 3 is 2.55 bits per heavy atom. The molecule has 2 aromatic rings. The molecule has 0 saturated carbocycles. The van der Waals surface area contributed by atoms with Gasteiger partial charge < -0.3 is 14.8 Å². The van der Waals surface area contributed by atoms with Crippen LogP contribution in [-0.4, -0.2) is 27.7 Å². The Balaban J connectivity index is 2.24. The van der Waals surface area contributed by atoms with Crippen LogP contribution in [0.1, 0.15) is 30.2 Å². The van der Waals surface area contributed by atoms with E-state index in [2.05, 4.69) is 23.8 Å². The van der Waals surface area contributed by atoms with E-state index in [1.54, 1.807) is 6.92 Å². The van der Waals surface area contributed by atoms with E-state index in [1.165, 1.54) is 0 Å². The summed E-state index contributed by atoms with van der Waals surface area (Å²) in [5.74, 6) is 0.798. The molecule has 0 aliphatic heterocycles. The lowest BCUT2D eigenvalue weighted by Gasteiger charge is -2.08. The lowest BCUT2D eigenvalue weighted by Crippen LogP contribution is -2.04. The molecule has 2 N–H and O–H groups in total. The second-order valence-electron chi connectivity index (χ2n) is 5.08. The highest BCUT2D eigenvalue weighted by atomic mass is 16.5. The van der Waals surface area contributed by atoms with E-state index in [0.717, 1.165) is 11.3 Å². The number of carboxylic acids is 1. The maximum atomic E-state index is 11.2. The van der Waals surface area contributed by atoms with Crippen LogP contribution in [0.4, 0.5) is 0 Å². The van der Waals surface area contributed by atoms with Gasteiger partial charge in [-0.3, -0.25) is 0 Å². The van der Waals surface area contributed by atoms with E-state index < -0.39 is 5.97 Å². The zero-order valence-corrected chi connectivity index (χ0v) is 11.8. The first-order chi connectivity index (χ1) is 9.47. The first kappa shape index (κ1) is 14.1. The lowest BCUT2D eigenvalue weighted by atomic mass is 10.1. The van der Waals surface area contributed by atoms with E-state index in [0.29, 0.717) is 24.0 Å². The molecule has 0 aliphatic carbocycles. The number of carbonyl (C=O) groups is 1. The van der Waals surface area contributed by atoms with Crippen LogP contribution in [0.5, 0.6) is 5.75 Å². The van der Waals surface area contributed by atoms with E-state index in [1.807, 2.05) is 24.3 Å². The molecule has 2 rings (SSSR count). The largest absolute Gasteiger partial charge is 0.493 e. The second kappa shape index (κ2) is 5.77. The van der Waals surface area contributed by atoms with Gasteiger partial charge in [-0.2, -0.15) is 0 Å². The molecule has 0 radical (unpaired) electrons. The van der Waals surface area contributed by atoms with Gasteiger partial charge in [-0.15, -0.1) is 0 Å². The molecule has 106 valence electrons. The average Bonchev–Trinajstić information content (AvgIpc) is 2.79. The minimum absolute atomic E-state index is 0.110. The van der Waals surface area contributed by atoms with Gasteiger partial charge in [0.15, 0.2) is 5.69 Å². The van der Waals surface area contributed by atoms with Crippen molar-refractivity contribution in [2.45, 2.75) is 20.8 Å². The highest BCUT2D eigenvalue weighted by Crippen LogP contribution is 2.24. The fourth-order valence-electron chi connectivity index (χ4n) is 1.83. The van der Waals surface area contributed by atoms with Gasteiger partial charge in [-0.25, -0.2) is 9.78 Å². The summed E-state index contributed by atoms with van der Waals surface area (Å²) in [7, 11) is 0. The van der Waals surface area contributed by atoms with Crippen molar-refractivity contribution in [2.24, 2.45) is 5.92 Å². The number of hydrogen-bond acceptors (Lipinski definition) is 3. The van der Waals surface area contributed by atoms with Crippen molar-refractivity contribution in [2.75, 3.05) is 6.61 Å². The maximum Gasteiger partial charge on any atom is 0.354 e. The van der Waals surface area contributed by atoms with Crippen molar-refractivity contribution in [3.05, 3.63) is 35.8 Å². The Hall–Kier alpha value is -2.30. The van der Waals surface area contributed by atoms with Crippen LogP contribution in [0.2, 0.25) is 0 Å². The number of carboxylic acid groups (broad SMARTS) is 1. The summed E-state index contributed by atoms with van der Waals surface area (Å²) in [6.45, 7) is 6.55. The van der Waals surface area contributed by atoms with Crippen LogP contribution in [0, 0.1) is 12.8 Å². The summed E-state index contributed by atoms with van der Waals surface area (Å²) in [5.41, 5.74) is 1.31. The maximum absolute atomic E-state index is 11.2. The quantitative estimate of drug-likeness (QED) is 0.878. The molecule has 1 heterocycles. The third-order valence-corrected chi connectivity index (χ3v) is 2.75.